The number of hydrogen-bond donors (Lipinski definition) is 2. The molecule has 2 atom stereocenters. The molecule has 2 rings (SSSR count). The first kappa shape index (κ1) is 15.1. The molecule has 1 aliphatic heterocycles. The van der Waals surface area contributed by atoms with E-state index < -0.39 is 0 Å². The normalized spacial score (nSPS) is 21.8. The maximum atomic E-state index is 12.4. The average Bonchev–Trinajstić information content (AvgIpc) is 2.86. The van der Waals surface area contributed by atoms with Crippen LogP contribution in [0.4, 0.5) is 5.69 Å². The van der Waals surface area contributed by atoms with Gasteiger partial charge in [0.25, 0.3) is 5.91 Å². The summed E-state index contributed by atoms with van der Waals surface area (Å²) in [5.74, 6) is -0.183. The maximum Gasteiger partial charge on any atom is 0.253 e. The Morgan fingerprint density at radius 2 is 2.30 bits per heavy atom. The molecule has 0 aromatic heterocycles. The van der Waals surface area contributed by atoms with Gasteiger partial charge in [-0.3, -0.25) is 4.79 Å². The molecule has 110 valence electrons. The summed E-state index contributed by atoms with van der Waals surface area (Å²) < 4.78 is 10.9. The summed E-state index contributed by atoms with van der Waals surface area (Å²) in [4.78, 5) is 12.4. The van der Waals surface area contributed by atoms with Crippen LogP contribution in [0.5, 0.6) is 0 Å². The molecule has 1 amide bonds. The van der Waals surface area contributed by atoms with Crippen molar-refractivity contribution < 1.29 is 14.3 Å². The summed E-state index contributed by atoms with van der Waals surface area (Å²) in [6.07, 6.45) is -0.0961. The highest BCUT2D eigenvalue weighted by Gasteiger charge is 2.30. The Labute approximate surface area is 123 Å². The van der Waals surface area contributed by atoms with Crippen molar-refractivity contribution in [3.8, 4) is 0 Å². The molecule has 6 heteroatoms. The van der Waals surface area contributed by atoms with E-state index in [4.69, 9.17) is 21.1 Å². The zero-order valence-corrected chi connectivity index (χ0v) is 12.4. The van der Waals surface area contributed by atoms with Gasteiger partial charge in [-0.1, -0.05) is 11.6 Å². The Morgan fingerprint density at radius 3 is 3.00 bits per heavy atom. The summed E-state index contributed by atoms with van der Waals surface area (Å²) in [5.41, 5.74) is 1.25. The molecule has 1 aromatic rings. The van der Waals surface area contributed by atoms with E-state index in [9.17, 15) is 4.79 Å². The van der Waals surface area contributed by atoms with Crippen molar-refractivity contribution >= 4 is 23.2 Å². The van der Waals surface area contributed by atoms with Crippen LogP contribution in [0.15, 0.2) is 18.2 Å². The number of benzene rings is 1. The Hall–Kier alpha value is -1.30. The van der Waals surface area contributed by atoms with Crippen molar-refractivity contribution in [2.75, 3.05) is 32.2 Å². The summed E-state index contributed by atoms with van der Waals surface area (Å²) >= 11 is 5.96. The van der Waals surface area contributed by atoms with E-state index in [0.717, 1.165) is 5.69 Å². The maximum absolute atomic E-state index is 12.4. The molecule has 1 aromatic carbocycles. The van der Waals surface area contributed by atoms with Gasteiger partial charge in [0.15, 0.2) is 0 Å². The number of nitrogens with one attached hydrogen (secondary N) is 2. The van der Waals surface area contributed by atoms with Gasteiger partial charge in [-0.25, -0.2) is 0 Å². The lowest BCUT2D eigenvalue weighted by Crippen LogP contribution is -2.43. The summed E-state index contributed by atoms with van der Waals surface area (Å²) in [7, 11) is 1.77. The first-order valence-electron chi connectivity index (χ1n) is 6.63. The van der Waals surface area contributed by atoms with Crippen LogP contribution in [0, 0.1) is 0 Å². The molecular weight excluding hydrogens is 280 g/mol. The van der Waals surface area contributed by atoms with Gasteiger partial charge in [0.05, 0.1) is 24.8 Å². The van der Waals surface area contributed by atoms with E-state index in [-0.39, 0.29) is 18.1 Å². The highest BCUT2D eigenvalue weighted by molar-refractivity contribution is 6.31. The van der Waals surface area contributed by atoms with Gasteiger partial charge < -0.3 is 20.1 Å². The Bertz CT molecular complexity index is 481. The molecule has 1 fully saturated rings. The number of anilines is 1. The quantitative estimate of drug-likeness (QED) is 0.872. The molecule has 0 radical (unpaired) electrons. The molecule has 0 bridgehead atoms. The fraction of sp³-hybridized carbons (Fsp3) is 0.500. The minimum absolute atomic E-state index is 0.0961. The van der Waals surface area contributed by atoms with E-state index in [1.54, 1.807) is 25.2 Å². The SMILES string of the molecule is CCO[C@H]1COC[C@@H]1NC(=O)c1cc(Cl)ccc1NC. The predicted molar refractivity (Wildman–Crippen MR) is 78.5 cm³/mol. The van der Waals surface area contributed by atoms with Crippen LogP contribution in [-0.2, 0) is 9.47 Å². The van der Waals surface area contributed by atoms with Gasteiger partial charge in [0.2, 0.25) is 0 Å². The molecule has 1 saturated heterocycles. The highest BCUT2D eigenvalue weighted by Crippen LogP contribution is 2.21. The van der Waals surface area contributed by atoms with Crippen molar-refractivity contribution in [1.82, 2.24) is 5.32 Å². The third-order valence-electron chi connectivity index (χ3n) is 3.22. The lowest BCUT2D eigenvalue weighted by Gasteiger charge is -2.19. The monoisotopic (exact) mass is 298 g/mol. The van der Waals surface area contributed by atoms with Gasteiger partial charge in [0.1, 0.15) is 6.10 Å². The molecule has 1 heterocycles. The number of rotatable bonds is 5. The summed E-state index contributed by atoms with van der Waals surface area (Å²) in [5, 5.41) is 6.45. The molecule has 0 saturated carbocycles. The molecular formula is C14H19ClN2O3. The highest BCUT2D eigenvalue weighted by atomic mass is 35.5. The second-order valence-corrected chi connectivity index (χ2v) is 4.99. The predicted octanol–water partition coefficient (Wildman–Crippen LogP) is 1.92. The molecule has 2 N–H and O–H groups in total. The van der Waals surface area contributed by atoms with Crippen LogP contribution >= 0.6 is 11.6 Å². The van der Waals surface area contributed by atoms with Gasteiger partial charge in [-0.2, -0.15) is 0 Å². The zero-order chi connectivity index (χ0) is 14.5. The zero-order valence-electron chi connectivity index (χ0n) is 11.6. The van der Waals surface area contributed by atoms with Crippen molar-refractivity contribution in [3.63, 3.8) is 0 Å². The number of carbonyl (C=O) groups excluding carboxylic acids is 1. The van der Waals surface area contributed by atoms with E-state index in [1.807, 2.05) is 6.92 Å². The van der Waals surface area contributed by atoms with Gasteiger partial charge >= 0.3 is 0 Å². The number of carbonyl (C=O) groups is 1. The minimum Gasteiger partial charge on any atom is -0.387 e. The van der Waals surface area contributed by atoms with E-state index in [2.05, 4.69) is 10.6 Å². The third kappa shape index (κ3) is 3.42. The first-order valence-corrected chi connectivity index (χ1v) is 7.01. The Kier molecular flexibility index (Phi) is 5.23. The molecule has 20 heavy (non-hydrogen) atoms. The van der Waals surface area contributed by atoms with Gasteiger partial charge in [0, 0.05) is 24.4 Å². The van der Waals surface area contributed by atoms with Crippen LogP contribution < -0.4 is 10.6 Å². The fourth-order valence-electron chi connectivity index (χ4n) is 2.22. The van der Waals surface area contributed by atoms with Gasteiger partial charge in [-0.05, 0) is 25.1 Å². The lowest BCUT2D eigenvalue weighted by molar-refractivity contribution is 0.0402. The fourth-order valence-corrected chi connectivity index (χ4v) is 2.39. The topological polar surface area (TPSA) is 59.6 Å². The Morgan fingerprint density at radius 1 is 1.50 bits per heavy atom. The van der Waals surface area contributed by atoms with E-state index in [1.165, 1.54) is 0 Å². The summed E-state index contributed by atoms with van der Waals surface area (Å²) in [6, 6.07) is 5.04. The van der Waals surface area contributed by atoms with Crippen molar-refractivity contribution in [3.05, 3.63) is 28.8 Å². The van der Waals surface area contributed by atoms with E-state index in [0.29, 0.717) is 30.4 Å². The van der Waals surface area contributed by atoms with Crippen LogP contribution in [-0.4, -0.2) is 44.9 Å². The summed E-state index contributed by atoms with van der Waals surface area (Å²) in [6.45, 7) is 3.49. The second-order valence-electron chi connectivity index (χ2n) is 4.55. The van der Waals surface area contributed by atoms with Crippen LogP contribution in [0.1, 0.15) is 17.3 Å². The minimum atomic E-state index is -0.183. The molecule has 0 unspecified atom stereocenters. The molecule has 1 aliphatic rings. The van der Waals surface area contributed by atoms with E-state index >= 15 is 0 Å². The number of amides is 1. The van der Waals surface area contributed by atoms with Gasteiger partial charge in [-0.15, -0.1) is 0 Å². The standard InChI is InChI=1S/C14H19ClN2O3/c1-3-20-13-8-19-7-12(13)17-14(18)10-6-9(15)4-5-11(10)16-2/h4-6,12-13,16H,3,7-8H2,1-2H3,(H,17,18)/t12-,13-/m0/s1. The van der Waals surface area contributed by atoms with Crippen molar-refractivity contribution in [2.45, 2.75) is 19.1 Å². The van der Waals surface area contributed by atoms with Crippen LogP contribution in [0.25, 0.3) is 0 Å². The number of hydrogen-bond acceptors (Lipinski definition) is 4. The number of halogens is 1. The largest absolute Gasteiger partial charge is 0.387 e. The second kappa shape index (κ2) is 6.92. The molecule has 0 aliphatic carbocycles. The van der Waals surface area contributed by atoms with Crippen molar-refractivity contribution in [1.29, 1.82) is 0 Å². The number of ether oxygens (including phenoxy) is 2. The average molecular weight is 299 g/mol. The van der Waals surface area contributed by atoms with Crippen molar-refractivity contribution in [2.24, 2.45) is 0 Å². The Balaban J connectivity index is 2.10. The molecule has 5 nitrogen and oxygen atoms in total. The lowest BCUT2D eigenvalue weighted by atomic mass is 10.1. The third-order valence-corrected chi connectivity index (χ3v) is 3.46. The smallest absolute Gasteiger partial charge is 0.253 e. The van der Waals surface area contributed by atoms with Crippen LogP contribution in [0.2, 0.25) is 5.02 Å². The first-order chi connectivity index (χ1) is 9.65. The molecule has 0 spiro atoms. The van der Waals surface area contributed by atoms with Crippen LogP contribution in [0.3, 0.4) is 0 Å².